The van der Waals surface area contributed by atoms with E-state index in [0.29, 0.717) is 12.5 Å². The molecule has 1 aromatic carbocycles. The number of hydrogen-bond acceptors (Lipinski definition) is 3. The summed E-state index contributed by atoms with van der Waals surface area (Å²) in [4.78, 5) is 4.17. The minimum atomic E-state index is 0.472. The van der Waals surface area contributed by atoms with E-state index in [1.165, 1.54) is 5.69 Å². The average Bonchev–Trinajstić information content (AvgIpc) is 2.77. The predicted octanol–water partition coefficient (Wildman–Crippen LogP) is 2.67. The highest BCUT2D eigenvalue weighted by Crippen LogP contribution is 2.16. The lowest BCUT2D eigenvalue weighted by Crippen LogP contribution is -2.10. The van der Waals surface area contributed by atoms with Gasteiger partial charge in [-0.25, -0.2) is 4.98 Å². The molecule has 0 aliphatic heterocycles. The Kier molecular flexibility index (Phi) is 3.87. The summed E-state index contributed by atoms with van der Waals surface area (Å²) in [5, 5.41) is 0. The van der Waals surface area contributed by atoms with Crippen LogP contribution in [0.4, 0.5) is 5.69 Å². The molecule has 96 valence electrons. The van der Waals surface area contributed by atoms with Crippen molar-refractivity contribution >= 4 is 5.69 Å². The van der Waals surface area contributed by atoms with Gasteiger partial charge in [-0.15, -0.1) is 0 Å². The monoisotopic (exact) mass is 245 g/mol. The summed E-state index contributed by atoms with van der Waals surface area (Å²) in [7, 11) is 0. The Balaban J connectivity index is 1.90. The molecule has 0 unspecified atom stereocenters. The largest absolute Gasteiger partial charge is 0.492 e. The van der Waals surface area contributed by atoms with E-state index in [1.807, 2.05) is 36.8 Å². The maximum absolute atomic E-state index is 5.69. The van der Waals surface area contributed by atoms with Crippen LogP contribution in [0, 0.1) is 0 Å². The van der Waals surface area contributed by atoms with E-state index in [4.69, 9.17) is 10.5 Å². The van der Waals surface area contributed by atoms with Crippen LogP contribution >= 0.6 is 0 Å². The van der Waals surface area contributed by atoms with Crippen molar-refractivity contribution in [2.24, 2.45) is 0 Å². The third kappa shape index (κ3) is 3.03. The molecule has 0 atom stereocenters. The molecule has 1 aromatic heterocycles. The molecule has 18 heavy (non-hydrogen) atoms. The summed E-state index contributed by atoms with van der Waals surface area (Å²) >= 11 is 0. The van der Waals surface area contributed by atoms with Crippen LogP contribution in [0.15, 0.2) is 36.8 Å². The van der Waals surface area contributed by atoms with E-state index in [0.717, 1.165) is 18.0 Å². The fourth-order valence-electron chi connectivity index (χ4n) is 1.86. The summed E-state index contributed by atoms with van der Waals surface area (Å²) in [5.74, 6) is 1.28. The van der Waals surface area contributed by atoms with Gasteiger partial charge in [0.25, 0.3) is 0 Å². The molecule has 0 saturated heterocycles. The lowest BCUT2D eigenvalue weighted by atomic mass is 10.1. The van der Waals surface area contributed by atoms with Crippen molar-refractivity contribution in [3.8, 4) is 5.75 Å². The number of imidazole rings is 1. The van der Waals surface area contributed by atoms with Crippen LogP contribution in [0.25, 0.3) is 0 Å². The number of ether oxygens (including phenoxy) is 1. The first-order valence-corrected chi connectivity index (χ1v) is 6.15. The Hall–Kier alpha value is -1.97. The first-order chi connectivity index (χ1) is 8.66. The topological polar surface area (TPSA) is 53.1 Å². The van der Waals surface area contributed by atoms with Gasteiger partial charge in [0.2, 0.25) is 0 Å². The predicted molar refractivity (Wildman–Crippen MR) is 72.7 cm³/mol. The van der Waals surface area contributed by atoms with Crippen molar-refractivity contribution in [3.05, 3.63) is 42.5 Å². The number of nitrogen functional groups attached to an aromatic ring is 1. The van der Waals surface area contributed by atoms with Gasteiger partial charge in [-0.3, -0.25) is 0 Å². The first-order valence-electron chi connectivity index (χ1n) is 6.15. The van der Waals surface area contributed by atoms with Crippen LogP contribution in [-0.2, 0) is 6.54 Å². The second-order valence-corrected chi connectivity index (χ2v) is 4.59. The lowest BCUT2D eigenvalue weighted by molar-refractivity contribution is 0.296. The number of aromatic nitrogens is 2. The molecular formula is C14H19N3O. The molecule has 0 amide bonds. The summed E-state index contributed by atoms with van der Waals surface area (Å²) < 4.78 is 7.79. The zero-order chi connectivity index (χ0) is 13.0. The quantitative estimate of drug-likeness (QED) is 0.824. The standard InChI is InChI=1S/C14H19N3O/c1-11(2)14-9-16-10-17(14)6-7-18-13-5-3-4-12(15)8-13/h3-5,8-11H,6-7,15H2,1-2H3. The summed E-state index contributed by atoms with van der Waals surface area (Å²) in [6, 6.07) is 7.48. The van der Waals surface area contributed by atoms with E-state index < -0.39 is 0 Å². The highest BCUT2D eigenvalue weighted by Gasteiger charge is 2.05. The van der Waals surface area contributed by atoms with Crippen LogP contribution in [0.1, 0.15) is 25.5 Å². The Morgan fingerprint density at radius 3 is 2.94 bits per heavy atom. The first kappa shape index (κ1) is 12.5. The normalized spacial score (nSPS) is 10.8. The van der Waals surface area contributed by atoms with Crippen molar-refractivity contribution in [1.82, 2.24) is 9.55 Å². The zero-order valence-corrected chi connectivity index (χ0v) is 10.8. The van der Waals surface area contributed by atoms with Gasteiger partial charge in [0.1, 0.15) is 12.4 Å². The SMILES string of the molecule is CC(C)c1cncn1CCOc1cccc(N)c1. The smallest absolute Gasteiger partial charge is 0.121 e. The van der Waals surface area contributed by atoms with Gasteiger partial charge in [0, 0.05) is 23.6 Å². The maximum atomic E-state index is 5.69. The second-order valence-electron chi connectivity index (χ2n) is 4.59. The molecule has 0 bridgehead atoms. The molecule has 1 heterocycles. The lowest BCUT2D eigenvalue weighted by Gasteiger charge is -2.11. The molecular weight excluding hydrogens is 226 g/mol. The van der Waals surface area contributed by atoms with Crippen molar-refractivity contribution in [3.63, 3.8) is 0 Å². The molecule has 2 N–H and O–H groups in total. The average molecular weight is 245 g/mol. The molecule has 0 fully saturated rings. The Morgan fingerprint density at radius 1 is 1.39 bits per heavy atom. The molecule has 0 aliphatic carbocycles. The fraction of sp³-hybridized carbons (Fsp3) is 0.357. The van der Waals surface area contributed by atoms with Crippen LogP contribution < -0.4 is 10.5 Å². The van der Waals surface area contributed by atoms with E-state index in [9.17, 15) is 0 Å². The van der Waals surface area contributed by atoms with Crippen molar-refractivity contribution in [2.45, 2.75) is 26.3 Å². The van der Waals surface area contributed by atoms with Crippen LogP contribution in [0.3, 0.4) is 0 Å². The number of hydrogen-bond donors (Lipinski definition) is 1. The zero-order valence-electron chi connectivity index (χ0n) is 10.8. The molecule has 4 nitrogen and oxygen atoms in total. The Labute approximate surface area is 107 Å². The van der Waals surface area contributed by atoms with E-state index in [-0.39, 0.29) is 0 Å². The summed E-state index contributed by atoms with van der Waals surface area (Å²) in [6.45, 7) is 5.72. The minimum Gasteiger partial charge on any atom is -0.492 e. The van der Waals surface area contributed by atoms with Gasteiger partial charge in [0.05, 0.1) is 12.9 Å². The molecule has 2 rings (SSSR count). The van der Waals surface area contributed by atoms with Crippen LogP contribution in [0.5, 0.6) is 5.75 Å². The van der Waals surface area contributed by atoms with E-state index in [2.05, 4.69) is 23.4 Å². The molecule has 0 saturated carbocycles. The van der Waals surface area contributed by atoms with E-state index in [1.54, 1.807) is 0 Å². The summed E-state index contributed by atoms with van der Waals surface area (Å²) in [5.41, 5.74) is 7.64. The third-order valence-corrected chi connectivity index (χ3v) is 2.80. The summed E-state index contributed by atoms with van der Waals surface area (Å²) in [6.07, 6.45) is 3.75. The van der Waals surface area contributed by atoms with Crippen LogP contribution in [-0.4, -0.2) is 16.2 Å². The van der Waals surface area contributed by atoms with Gasteiger partial charge in [-0.2, -0.15) is 0 Å². The van der Waals surface area contributed by atoms with Gasteiger partial charge < -0.3 is 15.0 Å². The molecule has 0 aliphatic rings. The molecule has 0 spiro atoms. The third-order valence-electron chi connectivity index (χ3n) is 2.80. The van der Waals surface area contributed by atoms with Crippen LogP contribution in [0.2, 0.25) is 0 Å². The maximum Gasteiger partial charge on any atom is 0.121 e. The highest BCUT2D eigenvalue weighted by molar-refractivity contribution is 5.43. The van der Waals surface area contributed by atoms with E-state index >= 15 is 0 Å². The van der Waals surface area contributed by atoms with Gasteiger partial charge in [-0.05, 0) is 18.1 Å². The van der Waals surface area contributed by atoms with Crippen molar-refractivity contribution < 1.29 is 4.74 Å². The Bertz CT molecular complexity index is 505. The van der Waals surface area contributed by atoms with Gasteiger partial charge in [-0.1, -0.05) is 19.9 Å². The van der Waals surface area contributed by atoms with Gasteiger partial charge in [0.15, 0.2) is 0 Å². The molecule has 0 radical (unpaired) electrons. The highest BCUT2D eigenvalue weighted by atomic mass is 16.5. The van der Waals surface area contributed by atoms with Gasteiger partial charge >= 0.3 is 0 Å². The van der Waals surface area contributed by atoms with Crippen molar-refractivity contribution in [2.75, 3.05) is 12.3 Å². The number of nitrogens with two attached hydrogens (primary N) is 1. The number of rotatable bonds is 5. The number of nitrogens with zero attached hydrogens (tertiary/aromatic N) is 2. The minimum absolute atomic E-state index is 0.472. The molecule has 4 heteroatoms. The number of benzene rings is 1. The molecule has 2 aromatic rings. The fourth-order valence-corrected chi connectivity index (χ4v) is 1.86. The Morgan fingerprint density at radius 2 is 2.22 bits per heavy atom. The second kappa shape index (κ2) is 5.58. The number of anilines is 1. The van der Waals surface area contributed by atoms with Crippen molar-refractivity contribution in [1.29, 1.82) is 0 Å².